The Balaban J connectivity index is 1.62. The number of hydrogen-bond acceptors (Lipinski definition) is 6. The lowest BCUT2D eigenvalue weighted by atomic mass is 10.1. The zero-order valence-electron chi connectivity index (χ0n) is 14.3. The molecule has 0 bridgehead atoms. The molecular weight excluding hydrogens is 352 g/mol. The lowest BCUT2D eigenvalue weighted by Crippen LogP contribution is -2.13. The van der Waals surface area contributed by atoms with E-state index in [-0.39, 0.29) is 22.3 Å². The molecule has 134 valence electrons. The fourth-order valence-electron chi connectivity index (χ4n) is 3.53. The first kappa shape index (κ1) is 16.9. The summed E-state index contributed by atoms with van der Waals surface area (Å²) >= 11 is 0. The number of aromatic nitrogens is 3. The van der Waals surface area contributed by atoms with Gasteiger partial charge in [-0.1, -0.05) is 55.4 Å². The fraction of sp³-hybridized carbons (Fsp3) is 0.278. The predicted molar refractivity (Wildman–Crippen MR) is 94.6 cm³/mol. The molecule has 0 unspecified atom stereocenters. The second-order valence-corrected chi connectivity index (χ2v) is 8.58. The molecule has 2 aromatic heterocycles. The number of pyridine rings is 1. The molecule has 0 radical (unpaired) electrons. The molecule has 26 heavy (non-hydrogen) atoms. The molecule has 0 amide bonds. The molecule has 2 heterocycles. The van der Waals surface area contributed by atoms with E-state index in [1.54, 1.807) is 12.3 Å². The van der Waals surface area contributed by atoms with Gasteiger partial charge in [-0.25, -0.2) is 18.5 Å². The van der Waals surface area contributed by atoms with Crippen LogP contribution in [0.3, 0.4) is 0 Å². The second kappa shape index (κ2) is 5.72. The van der Waals surface area contributed by atoms with Crippen LogP contribution in [0.1, 0.15) is 37.1 Å². The maximum absolute atomic E-state index is 11.4. The van der Waals surface area contributed by atoms with E-state index in [1.165, 1.54) is 6.07 Å². The van der Waals surface area contributed by atoms with Gasteiger partial charge in [-0.2, -0.15) is 4.98 Å². The normalized spacial score (nSPS) is 21.5. The van der Waals surface area contributed by atoms with Crippen LogP contribution in [0.4, 0.5) is 0 Å². The summed E-state index contributed by atoms with van der Waals surface area (Å²) in [7, 11) is -3.80. The summed E-state index contributed by atoms with van der Waals surface area (Å²) in [4.78, 5) is 8.53. The molecule has 3 aromatic rings. The highest BCUT2D eigenvalue weighted by atomic mass is 32.2. The van der Waals surface area contributed by atoms with Crippen molar-refractivity contribution in [3.63, 3.8) is 0 Å². The van der Waals surface area contributed by atoms with Crippen LogP contribution in [-0.4, -0.2) is 23.5 Å². The minimum atomic E-state index is -3.80. The summed E-state index contributed by atoms with van der Waals surface area (Å²) in [6, 6.07) is 12.8. The van der Waals surface area contributed by atoms with Crippen LogP contribution < -0.4 is 5.14 Å². The topological polar surface area (TPSA) is 112 Å². The summed E-state index contributed by atoms with van der Waals surface area (Å²) in [5.41, 5.74) is 1.73. The van der Waals surface area contributed by atoms with Crippen molar-refractivity contribution in [2.75, 3.05) is 0 Å². The van der Waals surface area contributed by atoms with E-state index in [4.69, 9.17) is 9.66 Å². The Labute approximate surface area is 151 Å². The van der Waals surface area contributed by atoms with Crippen molar-refractivity contribution in [3.05, 3.63) is 60.1 Å². The number of benzene rings is 1. The van der Waals surface area contributed by atoms with Gasteiger partial charge in [0, 0.05) is 17.7 Å². The molecule has 2 N–H and O–H groups in total. The SMILES string of the molecule is CC1(C)[C@@H](c2ccc(S(N)(=O)=O)nc2)[C@@H]1c1nc(-c2ccccc2)no1. The lowest BCUT2D eigenvalue weighted by Gasteiger charge is -2.03. The van der Waals surface area contributed by atoms with E-state index in [0.29, 0.717) is 11.7 Å². The average Bonchev–Trinajstić information content (AvgIpc) is 2.95. The Hall–Kier alpha value is -2.58. The van der Waals surface area contributed by atoms with Crippen molar-refractivity contribution in [2.45, 2.75) is 30.7 Å². The molecule has 0 aliphatic heterocycles. The van der Waals surface area contributed by atoms with Crippen molar-refractivity contribution in [1.29, 1.82) is 0 Å². The highest BCUT2D eigenvalue weighted by molar-refractivity contribution is 7.89. The Morgan fingerprint density at radius 1 is 1.08 bits per heavy atom. The summed E-state index contributed by atoms with van der Waals surface area (Å²) < 4.78 is 28.2. The van der Waals surface area contributed by atoms with Gasteiger partial charge >= 0.3 is 0 Å². The molecule has 1 aliphatic carbocycles. The molecule has 1 aromatic carbocycles. The Morgan fingerprint density at radius 3 is 2.42 bits per heavy atom. The Bertz CT molecular complexity index is 1040. The van der Waals surface area contributed by atoms with Crippen LogP contribution >= 0.6 is 0 Å². The van der Waals surface area contributed by atoms with Crippen molar-refractivity contribution >= 4 is 10.0 Å². The van der Waals surface area contributed by atoms with Gasteiger partial charge in [-0.05, 0) is 17.0 Å². The number of sulfonamides is 1. The first-order valence-corrected chi connectivity index (χ1v) is 9.71. The van der Waals surface area contributed by atoms with Gasteiger partial charge < -0.3 is 4.52 Å². The first-order valence-electron chi connectivity index (χ1n) is 8.16. The van der Waals surface area contributed by atoms with Gasteiger partial charge in [0.25, 0.3) is 10.0 Å². The van der Waals surface area contributed by atoms with Gasteiger partial charge in [-0.3, -0.25) is 0 Å². The Morgan fingerprint density at radius 2 is 1.81 bits per heavy atom. The van der Waals surface area contributed by atoms with Gasteiger partial charge in [0.15, 0.2) is 5.03 Å². The maximum Gasteiger partial charge on any atom is 0.255 e. The number of nitrogens with zero attached hydrogens (tertiary/aromatic N) is 3. The van der Waals surface area contributed by atoms with Crippen LogP contribution in [-0.2, 0) is 10.0 Å². The molecule has 1 aliphatic rings. The fourth-order valence-corrected chi connectivity index (χ4v) is 3.99. The van der Waals surface area contributed by atoms with Crippen molar-refractivity contribution < 1.29 is 12.9 Å². The third kappa shape index (κ3) is 2.81. The molecule has 1 fully saturated rings. The van der Waals surface area contributed by atoms with Crippen LogP contribution in [0.25, 0.3) is 11.4 Å². The van der Waals surface area contributed by atoms with Crippen LogP contribution in [0.15, 0.2) is 58.2 Å². The summed E-state index contributed by atoms with van der Waals surface area (Å²) in [5, 5.41) is 9.06. The number of nitrogens with two attached hydrogens (primary N) is 1. The van der Waals surface area contributed by atoms with E-state index >= 15 is 0 Å². The van der Waals surface area contributed by atoms with E-state index < -0.39 is 10.0 Å². The standard InChI is InChI=1S/C18H18N4O3S/c1-18(2)14(12-8-9-13(20-10-12)26(19,23)24)15(18)17-21-16(22-25-17)11-6-4-3-5-7-11/h3-10,14-15H,1-2H3,(H2,19,23,24)/t14-,15+/m0/s1. The highest BCUT2D eigenvalue weighted by Gasteiger charge is 2.62. The van der Waals surface area contributed by atoms with Gasteiger partial charge in [0.05, 0.1) is 5.92 Å². The summed E-state index contributed by atoms with van der Waals surface area (Å²) in [5.74, 6) is 1.31. The van der Waals surface area contributed by atoms with Crippen molar-refractivity contribution in [3.8, 4) is 11.4 Å². The minimum absolute atomic E-state index is 0.0506. The smallest absolute Gasteiger partial charge is 0.255 e. The van der Waals surface area contributed by atoms with Crippen LogP contribution in [0, 0.1) is 5.41 Å². The van der Waals surface area contributed by atoms with E-state index in [0.717, 1.165) is 11.1 Å². The molecule has 4 rings (SSSR count). The van der Waals surface area contributed by atoms with Gasteiger partial charge in [0.2, 0.25) is 11.7 Å². The van der Waals surface area contributed by atoms with Crippen molar-refractivity contribution in [1.82, 2.24) is 15.1 Å². The Kier molecular flexibility index (Phi) is 3.71. The minimum Gasteiger partial charge on any atom is -0.339 e. The summed E-state index contributed by atoms with van der Waals surface area (Å²) in [6.07, 6.45) is 1.56. The highest BCUT2D eigenvalue weighted by Crippen LogP contribution is 2.69. The molecule has 7 nitrogen and oxygen atoms in total. The number of hydrogen-bond donors (Lipinski definition) is 1. The monoisotopic (exact) mass is 370 g/mol. The molecule has 0 saturated heterocycles. The van der Waals surface area contributed by atoms with Gasteiger partial charge in [-0.15, -0.1) is 0 Å². The predicted octanol–water partition coefficient (Wildman–Crippen LogP) is 2.69. The second-order valence-electron chi connectivity index (χ2n) is 7.07. The third-order valence-corrected chi connectivity index (χ3v) is 5.80. The van der Waals surface area contributed by atoms with E-state index in [2.05, 4.69) is 29.0 Å². The van der Waals surface area contributed by atoms with Crippen LogP contribution in [0.5, 0.6) is 0 Å². The molecule has 2 atom stereocenters. The van der Waals surface area contributed by atoms with E-state index in [1.807, 2.05) is 30.3 Å². The zero-order valence-corrected chi connectivity index (χ0v) is 15.1. The average molecular weight is 370 g/mol. The molecule has 1 saturated carbocycles. The first-order chi connectivity index (χ1) is 12.3. The molecule has 8 heteroatoms. The number of rotatable bonds is 4. The van der Waals surface area contributed by atoms with Crippen molar-refractivity contribution in [2.24, 2.45) is 10.6 Å². The molecule has 0 spiro atoms. The van der Waals surface area contributed by atoms with Crippen LogP contribution in [0.2, 0.25) is 0 Å². The molecular formula is C18H18N4O3S. The largest absolute Gasteiger partial charge is 0.339 e. The lowest BCUT2D eigenvalue weighted by molar-refractivity contribution is 0.368. The quantitative estimate of drug-likeness (QED) is 0.755. The van der Waals surface area contributed by atoms with Gasteiger partial charge in [0.1, 0.15) is 0 Å². The summed E-state index contributed by atoms with van der Waals surface area (Å²) in [6.45, 7) is 4.23. The van der Waals surface area contributed by atoms with E-state index in [9.17, 15) is 8.42 Å². The maximum atomic E-state index is 11.4. The third-order valence-electron chi connectivity index (χ3n) is 4.98. The zero-order chi connectivity index (χ0) is 18.5. The number of primary sulfonamides is 1.